The largest absolute Gasteiger partial charge is 0.285 e. The summed E-state index contributed by atoms with van der Waals surface area (Å²) in [7, 11) is 0. The van der Waals surface area contributed by atoms with Crippen LogP contribution in [0.5, 0.6) is 0 Å². The maximum atomic E-state index is 10.7. The summed E-state index contributed by atoms with van der Waals surface area (Å²) in [5.74, 6) is 5.55. The van der Waals surface area contributed by atoms with Crippen molar-refractivity contribution in [2.45, 2.75) is 32.1 Å². The zero-order valence-corrected chi connectivity index (χ0v) is 5.44. The summed E-state index contributed by atoms with van der Waals surface area (Å²) in [6, 6.07) is 0. The standard InChI is InChI=1S/C8H10O/c9-8-6-4-2-1-3-5-7-8/h1-4,6H2. The van der Waals surface area contributed by atoms with Crippen LogP contribution in [0.15, 0.2) is 0 Å². The molecule has 0 saturated heterocycles. The second kappa shape index (κ2) is 3.29. The Morgan fingerprint density at radius 3 is 3.00 bits per heavy atom. The molecule has 0 heterocycles. The molecule has 9 heavy (non-hydrogen) atoms. The van der Waals surface area contributed by atoms with Gasteiger partial charge in [0.05, 0.1) is 0 Å². The van der Waals surface area contributed by atoms with Gasteiger partial charge in [-0.15, -0.1) is 0 Å². The van der Waals surface area contributed by atoms with Gasteiger partial charge in [-0.1, -0.05) is 12.3 Å². The normalized spacial score (nSPS) is 19.3. The van der Waals surface area contributed by atoms with E-state index in [1.54, 1.807) is 0 Å². The molecule has 48 valence electrons. The van der Waals surface area contributed by atoms with Gasteiger partial charge in [0.25, 0.3) is 0 Å². The van der Waals surface area contributed by atoms with E-state index in [4.69, 9.17) is 0 Å². The molecule has 0 amide bonds. The Hall–Kier alpha value is -0.770. The monoisotopic (exact) mass is 122 g/mol. The Morgan fingerprint density at radius 2 is 2.11 bits per heavy atom. The lowest BCUT2D eigenvalue weighted by molar-refractivity contribution is -0.113. The Kier molecular flexibility index (Phi) is 2.32. The zero-order valence-electron chi connectivity index (χ0n) is 5.44. The van der Waals surface area contributed by atoms with Gasteiger partial charge in [0.15, 0.2) is 0 Å². The predicted molar refractivity (Wildman–Crippen MR) is 35.9 cm³/mol. The molecule has 0 unspecified atom stereocenters. The van der Waals surface area contributed by atoms with E-state index in [0.29, 0.717) is 6.42 Å². The second-order valence-electron chi connectivity index (χ2n) is 2.29. The lowest BCUT2D eigenvalue weighted by Crippen LogP contribution is -1.95. The third-order valence-electron chi connectivity index (χ3n) is 1.43. The van der Waals surface area contributed by atoms with E-state index in [2.05, 4.69) is 11.8 Å². The average Bonchev–Trinajstić information content (AvgIpc) is 1.79. The van der Waals surface area contributed by atoms with E-state index in [0.717, 1.165) is 12.8 Å². The number of rotatable bonds is 0. The Labute approximate surface area is 55.4 Å². The molecule has 1 nitrogen and oxygen atoms in total. The fraction of sp³-hybridized carbons (Fsp3) is 0.625. The summed E-state index contributed by atoms with van der Waals surface area (Å²) in [4.78, 5) is 10.7. The van der Waals surface area contributed by atoms with Gasteiger partial charge in [0.2, 0.25) is 5.78 Å². The fourth-order valence-electron chi connectivity index (χ4n) is 0.899. The summed E-state index contributed by atoms with van der Waals surface area (Å²) >= 11 is 0. The molecule has 1 rings (SSSR count). The highest BCUT2D eigenvalue weighted by Gasteiger charge is 1.98. The summed E-state index contributed by atoms with van der Waals surface area (Å²) in [6.07, 6.45) is 4.95. The molecule has 0 saturated carbocycles. The van der Waals surface area contributed by atoms with E-state index in [-0.39, 0.29) is 5.78 Å². The molecule has 0 aromatic carbocycles. The number of carbonyl (C=O) groups is 1. The third kappa shape index (κ3) is 2.32. The maximum absolute atomic E-state index is 10.7. The minimum absolute atomic E-state index is 0.120. The van der Waals surface area contributed by atoms with E-state index in [1.165, 1.54) is 12.8 Å². The summed E-state index contributed by atoms with van der Waals surface area (Å²) in [5.41, 5.74) is 0. The van der Waals surface area contributed by atoms with Gasteiger partial charge < -0.3 is 0 Å². The smallest absolute Gasteiger partial charge is 0.205 e. The first-order chi connectivity index (χ1) is 4.39. The van der Waals surface area contributed by atoms with Crippen molar-refractivity contribution >= 4 is 5.78 Å². The quantitative estimate of drug-likeness (QED) is 0.351. The lowest BCUT2D eigenvalue weighted by atomic mass is 10.1. The van der Waals surface area contributed by atoms with Crippen molar-refractivity contribution in [3.8, 4) is 11.8 Å². The van der Waals surface area contributed by atoms with Gasteiger partial charge in [-0.05, 0) is 18.8 Å². The molecule has 0 fully saturated rings. The van der Waals surface area contributed by atoms with E-state index >= 15 is 0 Å². The summed E-state index contributed by atoms with van der Waals surface area (Å²) in [5, 5.41) is 0. The van der Waals surface area contributed by atoms with Gasteiger partial charge in [-0.2, -0.15) is 0 Å². The van der Waals surface area contributed by atoms with Crippen molar-refractivity contribution in [1.82, 2.24) is 0 Å². The van der Waals surface area contributed by atoms with Crippen molar-refractivity contribution in [2.75, 3.05) is 0 Å². The molecule has 0 atom stereocenters. The van der Waals surface area contributed by atoms with Crippen molar-refractivity contribution in [3.63, 3.8) is 0 Å². The van der Waals surface area contributed by atoms with Crippen LogP contribution < -0.4 is 0 Å². The van der Waals surface area contributed by atoms with Gasteiger partial charge in [0.1, 0.15) is 0 Å². The van der Waals surface area contributed by atoms with Crippen molar-refractivity contribution < 1.29 is 4.79 Å². The van der Waals surface area contributed by atoms with Crippen LogP contribution >= 0.6 is 0 Å². The molecule has 0 spiro atoms. The van der Waals surface area contributed by atoms with Crippen LogP contribution in [0.2, 0.25) is 0 Å². The van der Waals surface area contributed by atoms with Gasteiger partial charge in [-0.25, -0.2) is 0 Å². The number of carbonyl (C=O) groups excluding carboxylic acids is 1. The van der Waals surface area contributed by atoms with Crippen molar-refractivity contribution in [2.24, 2.45) is 0 Å². The highest BCUT2D eigenvalue weighted by molar-refractivity contribution is 5.95. The van der Waals surface area contributed by atoms with Gasteiger partial charge in [-0.3, -0.25) is 4.79 Å². The SMILES string of the molecule is O=C1C#CCCCCC1. The van der Waals surface area contributed by atoms with Crippen LogP contribution in [-0.2, 0) is 4.79 Å². The molecule has 1 aliphatic carbocycles. The predicted octanol–water partition coefficient (Wildman–Crippen LogP) is 1.52. The second-order valence-corrected chi connectivity index (χ2v) is 2.29. The first-order valence-corrected chi connectivity index (χ1v) is 3.41. The van der Waals surface area contributed by atoms with E-state index in [9.17, 15) is 4.79 Å². The first kappa shape index (κ1) is 6.35. The zero-order chi connectivity index (χ0) is 6.53. The van der Waals surface area contributed by atoms with Crippen LogP contribution in [0.3, 0.4) is 0 Å². The summed E-state index contributed by atoms with van der Waals surface area (Å²) in [6.45, 7) is 0. The fourth-order valence-corrected chi connectivity index (χ4v) is 0.899. The Bertz CT molecular complexity index is 159. The number of hydrogen-bond donors (Lipinski definition) is 0. The molecule has 0 bridgehead atoms. The van der Waals surface area contributed by atoms with Crippen molar-refractivity contribution in [3.05, 3.63) is 0 Å². The van der Waals surface area contributed by atoms with Crippen LogP contribution in [0.25, 0.3) is 0 Å². The number of hydrogen-bond acceptors (Lipinski definition) is 1. The molecule has 0 aromatic heterocycles. The molecule has 0 aliphatic heterocycles. The van der Waals surface area contributed by atoms with Gasteiger partial charge >= 0.3 is 0 Å². The molecule has 0 radical (unpaired) electrons. The van der Waals surface area contributed by atoms with Crippen LogP contribution in [-0.4, -0.2) is 5.78 Å². The highest BCUT2D eigenvalue weighted by atomic mass is 16.1. The topological polar surface area (TPSA) is 17.1 Å². The first-order valence-electron chi connectivity index (χ1n) is 3.41. The third-order valence-corrected chi connectivity index (χ3v) is 1.43. The molecule has 1 heteroatoms. The molecular formula is C8H10O. The number of Topliss-reactive ketones (excluding diaryl/α,β-unsaturated/α-hetero) is 1. The summed E-state index contributed by atoms with van der Waals surface area (Å²) < 4.78 is 0. The van der Waals surface area contributed by atoms with Crippen LogP contribution in [0.1, 0.15) is 32.1 Å². The van der Waals surface area contributed by atoms with E-state index < -0.39 is 0 Å². The minimum Gasteiger partial charge on any atom is -0.285 e. The van der Waals surface area contributed by atoms with Gasteiger partial charge in [0, 0.05) is 12.8 Å². The maximum Gasteiger partial charge on any atom is 0.205 e. The van der Waals surface area contributed by atoms with Crippen LogP contribution in [0, 0.1) is 11.8 Å². The Morgan fingerprint density at radius 1 is 1.22 bits per heavy atom. The molecular weight excluding hydrogens is 112 g/mol. The molecule has 1 aliphatic rings. The highest BCUT2D eigenvalue weighted by Crippen LogP contribution is 2.04. The average molecular weight is 122 g/mol. The van der Waals surface area contributed by atoms with Crippen molar-refractivity contribution in [1.29, 1.82) is 0 Å². The lowest BCUT2D eigenvalue weighted by Gasteiger charge is -1.96. The molecule has 0 aromatic rings. The number of ketones is 1. The molecule has 0 N–H and O–H groups in total. The minimum atomic E-state index is 0.120. The van der Waals surface area contributed by atoms with E-state index in [1.807, 2.05) is 0 Å². The Balaban J connectivity index is 2.47. The van der Waals surface area contributed by atoms with Crippen LogP contribution in [0.4, 0.5) is 0 Å².